The lowest BCUT2D eigenvalue weighted by atomic mass is 9.82. The number of hydrogen-bond donors (Lipinski definition) is 0. The fourth-order valence-corrected chi connectivity index (χ4v) is 1.27. The van der Waals surface area contributed by atoms with E-state index in [9.17, 15) is 4.79 Å². The summed E-state index contributed by atoms with van der Waals surface area (Å²) in [5.74, 6) is 0.926. The third-order valence-corrected chi connectivity index (χ3v) is 2.14. The van der Waals surface area contributed by atoms with Gasteiger partial charge in [0, 0.05) is 0 Å². The van der Waals surface area contributed by atoms with E-state index in [0.29, 0.717) is 6.61 Å². The highest BCUT2D eigenvalue weighted by molar-refractivity contribution is 5.37. The smallest absolute Gasteiger partial charge is 0.417 e. The van der Waals surface area contributed by atoms with Gasteiger partial charge >= 0.3 is 6.47 Å². The number of rotatable bonds is 5. The van der Waals surface area contributed by atoms with Crippen LogP contribution in [0.4, 0.5) is 0 Å². The lowest BCUT2D eigenvalue weighted by Crippen LogP contribution is -2.11. The van der Waals surface area contributed by atoms with Crippen molar-refractivity contribution in [1.82, 2.24) is 0 Å². The van der Waals surface area contributed by atoms with Gasteiger partial charge in [-0.15, -0.1) is 0 Å². The Kier molecular flexibility index (Phi) is 3.27. The highest BCUT2D eigenvalue weighted by Crippen LogP contribution is 2.30. The minimum absolute atomic E-state index is 0.556. The quantitative estimate of drug-likeness (QED) is 0.544. The van der Waals surface area contributed by atoms with Crippen molar-refractivity contribution < 1.29 is 9.53 Å². The second kappa shape index (κ2) is 4.31. The van der Waals surface area contributed by atoms with E-state index in [1.807, 2.05) is 0 Å². The van der Waals surface area contributed by atoms with Crippen molar-refractivity contribution in [3.05, 3.63) is 0 Å². The molecule has 57 valence electrons. The molecule has 0 atom stereocenters. The maximum Gasteiger partial charge on any atom is 0.417 e. The van der Waals surface area contributed by atoms with Crippen molar-refractivity contribution in [3.63, 3.8) is 0 Å². The van der Waals surface area contributed by atoms with Gasteiger partial charge in [-0.2, -0.15) is 0 Å². The molecule has 0 bridgehead atoms. The van der Waals surface area contributed by atoms with Crippen LogP contribution in [0.2, 0.25) is 0 Å². The summed E-state index contributed by atoms with van der Waals surface area (Å²) in [5.41, 5.74) is 0. The fraction of sp³-hybridized carbons (Fsp3) is 0.875. The fourth-order valence-electron chi connectivity index (χ4n) is 1.27. The molecule has 0 unspecified atom stereocenters. The predicted octanol–water partition coefficient (Wildman–Crippen LogP) is 1.65. The summed E-state index contributed by atoms with van der Waals surface area (Å²) in [6.07, 6.45) is 6.39. The lowest BCUT2D eigenvalue weighted by Gasteiger charge is -2.24. The molecule has 1 aliphatic carbocycles. The topological polar surface area (TPSA) is 26.3 Å². The maximum atomic E-state index is 9.59. The van der Waals surface area contributed by atoms with Crippen LogP contribution in [0.3, 0.4) is 0 Å². The Bertz CT molecular complexity index is 97.4. The summed E-state index contributed by atoms with van der Waals surface area (Å²) in [4.78, 5) is 9.59. The van der Waals surface area contributed by atoms with Gasteiger partial charge in [-0.3, -0.25) is 0 Å². The summed E-state index contributed by atoms with van der Waals surface area (Å²) >= 11 is 0. The van der Waals surface area contributed by atoms with E-state index >= 15 is 0 Å². The van der Waals surface area contributed by atoms with Gasteiger partial charge in [0.05, 0.1) is 6.61 Å². The van der Waals surface area contributed by atoms with Gasteiger partial charge in [0.25, 0.3) is 0 Å². The molecule has 0 N–H and O–H groups in total. The Morgan fingerprint density at radius 2 is 2.30 bits per heavy atom. The molecule has 0 saturated heterocycles. The van der Waals surface area contributed by atoms with Crippen LogP contribution >= 0.6 is 0 Å². The highest BCUT2D eigenvalue weighted by Gasteiger charge is 2.16. The summed E-state index contributed by atoms with van der Waals surface area (Å²) < 4.78 is 4.45. The first-order chi connectivity index (χ1) is 4.93. The largest absolute Gasteiger partial charge is 0.457 e. The average molecular weight is 141 g/mol. The summed E-state index contributed by atoms with van der Waals surface area (Å²) in [7, 11) is 0. The van der Waals surface area contributed by atoms with Crippen LogP contribution < -0.4 is 0 Å². The van der Waals surface area contributed by atoms with Crippen molar-refractivity contribution in [2.24, 2.45) is 5.92 Å². The van der Waals surface area contributed by atoms with E-state index in [0.717, 1.165) is 12.3 Å². The standard InChI is InChI=1S/C8H13O2/c9-7-10-6-2-5-8-3-1-4-8/h8H,1-6H2. The zero-order chi connectivity index (χ0) is 7.23. The Morgan fingerprint density at radius 3 is 2.80 bits per heavy atom. The molecule has 0 aliphatic heterocycles. The molecule has 0 aromatic carbocycles. The van der Waals surface area contributed by atoms with E-state index in [4.69, 9.17) is 0 Å². The molecule has 0 amide bonds. The predicted molar refractivity (Wildman–Crippen MR) is 38.2 cm³/mol. The molecule has 1 radical (unpaired) electrons. The monoisotopic (exact) mass is 141 g/mol. The normalized spacial score (nSPS) is 18.0. The van der Waals surface area contributed by atoms with Gasteiger partial charge in [0.2, 0.25) is 0 Å². The molecule has 1 saturated carbocycles. The average Bonchev–Trinajstić information content (AvgIpc) is 1.84. The molecule has 0 spiro atoms. The van der Waals surface area contributed by atoms with Crippen LogP contribution in [0.25, 0.3) is 0 Å². The van der Waals surface area contributed by atoms with Gasteiger partial charge in [-0.05, 0) is 18.8 Å². The van der Waals surface area contributed by atoms with Gasteiger partial charge in [0.1, 0.15) is 0 Å². The second-order valence-corrected chi connectivity index (χ2v) is 2.87. The minimum Gasteiger partial charge on any atom is -0.457 e. The first kappa shape index (κ1) is 7.58. The summed E-state index contributed by atoms with van der Waals surface area (Å²) in [6, 6.07) is 0. The molecular formula is C8H13O2. The van der Waals surface area contributed by atoms with Gasteiger partial charge < -0.3 is 4.74 Å². The third kappa shape index (κ3) is 2.38. The highest BCUT2D eigenvalue weighted by atomic mass is 16.5. The second-order valence-electron chi connectivity index (χ2n) is 2.87. The molecule has 0 aromatic rings. The van der Waals surface area contributed by atoms with Gasteiger partial charge in [-0.1, -0.05) is 19.3 Å². The van der Waals surface area contributed by atoms with E-state index in [1.165, 1.54) is 32.2 Å². The molecule has 10 heavy (non-hydrogen) atoms. The molecule has 2 heteroatoms. The Balaban J connectivity index is 1.80. The summed E-state index contributed by atoms with van der Waals surface area (Å²) in [5, 5.41) is 0. The van der Waals surface area contributed by atoms with E-state index in [2.05, 4.69) is 4.74 Å². The van der Waals surface area contributed by atoms with Crippen LogP contribution in [-0.4, -0.2) is 13.1 Å². The molecule has 1 fully saturated rings. The van der Waals surface area contributed by atoms with Gasteiger partial charge in [-0.25, -0.2) is 4.79 Å². The Hall–Kier alpha value is -0.530. The van der Waals surface area contributed by atoms with Crippen LogP contribution in [0.5, 0.6) is 0 Å². The first-order valence-electron chi connectivity index (χ1n) is 3.92. The van der Waals surface area contributed by atoms with Crippen molar-refractivity contribution in [2.75, 3.05) is 6.61 Å². The van der Waals surface area contributed by atoms with E-state index in [-0.39, 0.29) is 0 Å². The number of hydrogen-bond acceptors (Lipinski definition) is 2. The van der Waals surface area contributed by atoms with E-state index in [1.54, 1.807) is 0 Å². The minimum atomic E-state index is 0.556. The lowest BCUT2D eigenvalue weighted by molar-refractivity contribution is 0.231. The Morgan fingerprint density at radius 1 is 1.50 bits per heavy atom. The van der Waals surface area contributed by atoms with Crippen LogP contribution in [0.15, 0.2) is 0 Å². The zero-order valence-corrected chi connectivity index (χ0v) is 6.14. The number of ether oxygens (including phenoxy) is 1. The maximum absolute atomic E-state index is 9.59. The van der Waals surface area contributed by atoms with E-state index < -0.39 is 0 Å². The third-order valence-electron chi connectivity index (χ3n) is 2.14. The van der Waals surface area contributed by atoms with Crippen LogP contribution in [-0.2, 0) is 9.53 Å². The van der Waals surface area contributed by atoms with Crippen molar-refractivity contribution in [2.45, 2.75) is 32.1 Å². The first-order valence-corrected chi connectivity index (χ1v) is 3.92. The Labute approximate surface area is 61.6 Å². The van der Waals surface area contributed by atoms with Crippen molar-refractivity contribution in [1.29, 1.82) is 0 Å². The number of carbonyl (C=O) groups excluding carboxylic acids is 1. The molecular weight excluding hydrogens is 128 g/mol. The van der Waals surface area contributed by atoms with Crippen LogP contribution in [0, 0.1) is 5.92 Å². The molecule has 1 aliphatic rings. The van der Waals surface area contributed by atoms with Crippen molar-refractivity contribution >= 4 is 6.47 Å². The molecule has 2 nitrogen and oxygen atoms in total. The SMILES string of the molecule is O=[C]OCCCC1CCC1. The summed E-state index contributed by atoms with van der Waals surface area (Å²) in [6.45, 7) is 1.98. The molecule has 1 rings (SSSR count). The molecule has 0 heterocycles. The van der Waals surface area contributed by atoms with Crippen LogP contribution in [0.1, 0.15) is 32.1 Å². The van der Waals surface area contributed by atoms with Gasteiger partial charge in [0.15, 0.2) is 0 Å². The van der Waals surface area contributed by atoms with Crippen molar-refractivity contribution in [3.8, 4) is 0 Å². The zero-order valence-electron chi connectivity index (χ0n) is 6.14. The molecule has 0 aromatic heterocycles.